The molecule has 1 aliphatic rings. The molecule has 1 aromatic carbocycles. The van der Waals surface area contributed by atoms with Gasteiger partial charge in [-0.25, -0.2) is 9.59 Å². The van der Waals surface area contributed by atoms with Gasteiger partial charge >= 0.3 is 11.9 Å². The molecule has 9 nitrogen and oxygen atoms in total. The summed E-state index contributed by atoms with van der Waals surface area (Å²) in [6, 6.07) is 5.76. The molecule has 0 radical (unpaired) electrons. The highest BCUT2D eigenvalue weighted by Crippen LogP contribution is 2.31. The lowest BCUT2D eigenvalue weighted by molar-refractivity contribution is -0.384. The lowest BCUT2D eigenvalue weighted by Gasteiger charge is -2.26. The van der Waals surface area contributed by atoms with Crippen molar-refractivity contribution in [1.82, 2.24) is 4.90 Å². The molecule has 1 heterocycles. The maximum atomic E-state index is 12.0. The van der Waals surface area contributed by atoms with Gasteiger partial charge in [0, 0.05) is 24.2 Å². The van der Waals surface area contributed by atoms with E-state index in [2.05, 4.69) is 4.74 Å². The van der Waals surface area contributed by atoms with Crippen LogP contribution in [0.3, 0.4) is 0 Å². The molecular weight excluding hydrogens is 320 g/mol. The molecule has 1 atom stereocenters. The van der Waals surface area contributed by atoms with Gasteiger partial charge in [-0.1, -0.05) is 0 Å². The number of ether oxygens (including phenoxy) is 3. The van der Waals surface area contributed by atoms with E-state index in [0.717, 1.165) is 6.08 Å². The number of esters is 2. The normalized spacial score (nSPS) is 17.5. The van der Waals surface area contributed by atoms with Gasteiger partial charge in [0.05, 0.1) is 31.8 Å². The van der Waals surface area contributed by atoms with Crippen LogP contribution in [0.5, 0.6) is 0 Å². The number of methoxy groups -OCH3 is 2. The van der Waals surface area contributed by atoms with Gasteiger partial charge < -0.3 is 19.1 Å². The molecule has 0 N–H and O–H groups in total. The Kier molecular flexibility index (Phi) is 5.48. The minimum Gasteiger partial charge on any atom is -0.466 e. The van der Waals surface area contributed by atoms with Crippen molar-refractivity contribution >= 4 is 17.6 Å². The molecule has 0 spiro atoms. The van der Waals surface area contributed by atoms with Crippen LogP contribution in [0.1, 0.15) is 11.8 Å². The van der Waals surface area contributed by atoms with Crippen LogP contribution in [-0.4, -0.2) is 49.1 Å². The standard InChI is InChI=1S/C15H16N2O7/c1-22-13(18)9-12(15(19)23-2)16-7-8-24-14(16)10-3-5-11(6-4-10)17(20)21/h3-6,9,14H,7-8H2,1-2H3/b12-9+. The monoisotopic (exact) mass is 336 g/mol. The number of benzene rings is 1. The summed E-state index contributed by atoms with van der Waals surface area (Å²) < 4.78 is 14.9. The second-order valence-electron chi connectivity index (χ2n) is 4.81. The van der Waals surface area contributed by atoms with Crippen LogP contribution < -0.4 is 0 Å². The first kappa shape index (κ1) is 17.4. The third-order valence-electron chi connectivity index (χ3n) is 3.44. The van der Waals surface area contributed by atoms with Crippen LogP contribution in [0.4, 0.5) is 5.69 Å². The lowest BCUT2D eigenvalue weighted by Crippen LogP contribution is -2.29. The summed E-state index contributed by atoms with van der Waals surface area (Å²) >= 11 is 0. The average Bonchev–Trinajstić information content (AvgIpc) is 3.08. The van der Waals surface area contributed by atoms with Crippen molar-refractivity contribution in [2.75, 3.05) is 27.4 Å². The van der Waals surface area contributed by atoms with E-state index in [0.29, 0.717) is 18.7 Å². The molecule has 0 aromatic heterocycles. The van der Waals surface area contributed by atoms with Crippen LogP contribution in [0.15, 0.2) is 36.0 Å². The highest BCUT2D eigenvalue weighted by Gasteiger charge is 2.33. The Morgan fingerprint density at radius 2 is 1.96 bits per heavy atom. The van der Waals surface area contributed by atoms with Gasteiger partial charge in [-0.05, 0) is 12.1 Å². The number of nitro groups is 1. The number of carbonyl (C=O) groups excluding carboxylic acids is 2. The minimum atomic E-state index is -0.710. The zero-order chi connectivity index (χ0) is 17.7. The summed E-state index contributed by atoms with van der Waals surface area (Å²) in [6.45, 7) is 0.663. The molecule has 0 saturated carbocycles. The number of non-ortho nitro benzene ring substituents is 1. The summed E-state index contributed by atoms with van der Waals surface area (Å²) in [7, 11) is 2.40. The van der Waals surface area contributed by atoms with Crippen molar-refractivity contribution in [2.24, 2.45) is 0 Å². The fourth-order valence-electron chi connectivity index (χ4n) is 2.29. The van der Waals surface area contributed by atoms with Crippen molar-refractivity contribution in [1.29, 1.82) is 0 Å². The third-order valence-corrected chi connectivity index (χ3v) is 3.44. The Balaban J connectivity index is 2.33. The first-order valence-corrected chi connectivity index (χ1v) is 6.98. The average molecular weight is 336 g/mol. The van der Waals surface area contributed by atoms with Gasteiger partial charge in [0.2, 0.25) is 0 Å². The molecule has 128 valence electrons. The number of nitrogens with zero attached hydrogens (tertiary/aromatic N) is 2. The number of hydrogen-bond acceptors (Lipinski definition) is 8. The van der Waals surface area contributed by atoms with Gasteiger partial charge in [0.15, 0.2) is 6.23 Å². The number of hydrogen-bond donors (Lipinski definition) is 0. The predicted molar refractivity (Wildman–Crippen MR) is 80.6 cm³/mol. The molecule has 1 aliphatic heterocycles. The zero-order valence-corrected chi connectivity index (χ0v) is 13.1. The molecule has 1 saturated heterocycles. The second-order valence-corrected chi connectivity index (χ2v) is 4.81. The molecule has 0 bridgehead atoms. The van der Waals surface area contributed by atoms with Crippen LogP contribution in [0, 0.1) is 10.1 Å². The highest BCUT2D eigenvalue weighted by molar-refractivity contribution is 5.95. The summed E-state index contributed by atoms with van der Waals surface area (Å²) in [6.07, 6.45) is 0.361. The molecule has 24 heavy (non-hydrogen) atoms. The summed E-state index contributed by atoms with van der Waals surface area (Å²) in [4.78, 5) is 35.3. The molecule has 1 aromatic rings. The van der Waals surface area contributed by atoms with E-state index in [1.54, 1.807) is 4.90 Å². The van der Waals surface area contributed by atoms with Crippen molar-refractivity contribution in [3.05, 3.63) is 51.7 Å². The Bertz CT molecular complexity index is 669. The summed E-state index contributed by atoms with van der Waals surface area (Å²) in [5.41, 5.74) is 0.546. The maximum Gasteiger partial charge on any atom is 0.354 e. The van der Waals surface area contributed by atoms with Gasteiger partial charge in [0.25, 0.3) is 5.69 Å². The first-order chi connectivity index (χ1) is 11.5. The van der Waals surface area contributed by atoms with Crippen LogP contribution in [0.25, 0.3) is 0 Å². The van der Waals surface area contributed by atoms with Crippen LogP contribution >= 0.6 is 0 Å². The molecule has 0 amide bonds. The van der Waals surface area contributed by atoms with Gasteiger partial charge in [-0.3, -0.25) is 10.1 Å². The van der Waals surface area contributed by atoms with Gasteiger partial charge in [-0.2, -0.15) is 0 Å². The Morgan fingerprint density at radius 3 is 2.50 bits per heavy atom. The predicted octanol–water partition coefficient (Wildman–Crippen LogP) is 1.16. The Morgan fingerprint density at radius 1 is 1.29 bits per heavy atom. The van der Waals surface area contributed by atoms with E-state index in [-0.39, 0.29) is 11.4 Å². The van der Waals surface area contributed by atoms with Gasteiger partial charge in [0.1, 0.15) is 5.70 Å². The summed E-state index contributed by atoms with van der Waals surface area (Å²) in [5.74, 6) is -1.41. The van der Waals surface area contributed by atoms with E-state index in [4.69, 9.17) is 9.47 Å². The lowest BCUT2D eigenvalue weighted by atomic mass is 10.1. The Hall–Kier alpha value is -2.94. The van der Waals surface area contributed by atoms with Crippen LogP contribution in [0.2, 0.25) is 0 Å². The smallest absolute Gasteiger partial charge is 0.354 e. The van der Waals surface area contributed by atoms with E-state index in [1.165, 1.54) is 38.5 Å². The van der Waals surface area contributed by atoms with E-state index < -0.39 is 23.1 Å². The second kappa shape index (κ2) is 7.55. The third kappa shape index (κ3) is 3.69. The van der Waals surface area contributed by atoms with Crippen molar-refractivity contribution < 1.29 is 28.7 Å². The maximum absolute atomic E-state index is 12.0. The quantitative estimate of drug-likeness (QED) is 0.341. The summed E-state index contributed by atoms with van der Waals surface area (Å²) in [5, 5.41) is 10.7. The van der Waals surface area contributed by atoms with E-state index >= 15 is 0 Å². The topological polar surface area (TPSA) is 108 Å². The minimum absolute atomic E-state index is 0.00907. The SMILES string of the molecule is COC(=O)/C=C(\C(=O)OC)N1CCOC1c1ccc([N+](=O)[O-])cc1. The fourth-order valence-corrected chi connectivity index (χ4v) is 2.29. The molecule has 0 aliphatic carbocycles. The van der Waals surface area contributed by atoms with Crippen LogP contribution in [-0.2, 0) is 23.8 Å². The number of nitro benzene ring substituents is 1. The molecule has 1 unspecified atom stereocenters. The molecule has 9 heteroatoms. The van der Waals surface area contributed by atoms with Crippen molar-refractivity contribution in [3.63, 3.8) is 0 Å². The number of rotatable bonds is 5. The molecular formula is C15H16N2O7. The van der Waals surface area contributed by atoms with Crippen molar-refractivity contribution in [3.8, 4) is 0 Å². The zero-order valence-electron chi connectivity index (χ0n) is 13.1. The van der Waals surface area contributed by atoms with Crippen molar-refractivity contribution in [2.45, 2.75) is 6.23 Å². The molecule has 2 rings (SSSR count). The largest absolute Gasteiger partial charge is 0.466 e. The highest BCUT2D eigenvalue weighted by atomic mass is 16.6. The Labute approximate surface area is 137 Å². The fraction of sp³-hybridized carbons (Fsp3) is 0.333. The van der Waals surface area contributed by atoms with E-state index in [1.807, 2.05) is 0 Å². The molecule has 1 fully saturated rings. The van der Waals surface area contributed by atoms with E-state index in [9.17, 15) is 19.7 Å². The van der Waals surface area contributed by atoms with Gasteiger partial charge in [-0.15, -0.1) is 0 Å². The number of carbonyl (C=O) groups is 2. The first-order valence-electron chi connectivity index (χ1n) is 6.98.